The fourth-order valence-corrected chi connectivity index (χ4v) is 2.76. The molecule has 108 valence electrons. The minimum absolute atomic E-state index is 0.191. The van der Waals surface area contributed by atoms with Gasteiger partial charge in [-0.05, 0) is 29.9 Å². The summed E-state index contributed by atoms with van der Waals surface area (Å²) in [5.74, 6) is 1.20. The van der Waals surface area contributed by atoms with E-state index >= 15 is 0 Å². The van der Waals surface area contributed by atoms with E-state index in [2.05, 4.69) is 52.0 Å². The lowest BCUT2D eigenvalue weighted by molar-refractivity contribution is -0.119. The third-order valence-corrected chi connectivity index (χ3v) is 3.59. The molecule has 1 unspecified atom stereocenters. The van der Waals surface area contributed by atoms with Gasteiger partial charge in [0.1, 0.15) is 0 Å². The van der Waals surface area contributed by atoms with Crippen molar-refractivity contribution in [3.63, 3.8) is 0 Å². The Hall–Kier alpha value is -1.57. The average Bonchev–Trinajstić information content (AvgIpc) is 2.36. The van der Waals surface area contributed by atoms with Crippen LogP contribution in [-0.4, -0.2) is 11.9 Å². The number of hydrogen-bond donors (Lipinski definition) is 0. The van der Waals surface area contributed by atoms with Gasteiger partial charge in [0.15, 0.2) is 0 Å². The molecule has 1 aromatic carbocycles. The van der Waals surface area contributed by atoms with Crippen molar-refractivity contribution in [2.24, 2.45) is 11.8 Å². The Morgan fingerprint density at radius 3 is 2.50 bits per heavy atom. The first-order valence-corrected chi connectivity index (χ1v) is 7.58. The van der Waals surface area contributed by atoms with Crippen LogP contribution in [0.2, 0.25) is 0 Å². The standard InChI is InChI=1S/C18H25NO/c1-13(2)11-16-10-9-15-7-5-6-8-17(15)19(16)18(20)12-14(3)4/h5-10,13-14,16H,11-12H2,1-4H3. The van der Waals surface area contributed by atoms with E-state index in [9.17, 15) is 4.79 Å². The maximum absolute atomic E-state index is 12.7. The zero-order chi connectivity index (χ0) is 14.7. The second kappa shape index (κ2) is 6.25. The summed E-state index contributed by atoms with van der Waals surface area (Å²) < 4.78 is 0. The van der Waals surface area contributed by atoms with Gasteiger partial charge >= 0.3 is 0 Å². The van der Waals surface area contributed by atoms with Gasteiger partial charge < -0.3 is 4.90 Å². The molecule has 2 heteroatoms. The van der Waals surface area contributed by atoms with Gasteiger partial charge in [-0.3, -0.25) is 4.79 Å². The molecule has 1 aromatic rings. The molecule has 0 radical (unpaired) electrons. The largest absolute Gasteiger partial charge is 0.305 e. The molecule has 2 rings (SSSR count). The molecule has 0 aromatic heterocycles. The van der Waals surface area contributed by atoms with Gasteiger partial charge in [0.25, 0.3) is 0 Å². The van der Waals surface area contributed by atoms with Crippen LogP contribution in [0.4, 0.5) is 5.69 Å². The van der Waals surface area contributed by atoms with Crippen LogP contribution in [0.1, 0.15) is 46.1 Å². The van der Waals surface area contributed by atoms with E-state index in [1.54, 1.807) is 0 Å². The number of hydrogen-bond acceptors (Lipinski definition) is 1. The molecule has 1 aliphatic rings. The quantitative estimate of drug-likeness (QED) is 0.789. The number of carbonyl (C=O) groups excluding carboxylic acids is 1. The summed E-state index contributed by atoms with van der Waals surface area (Å²) in [5.41, 5.74) is 2.20. The van der Waals surface area contributed by atoms with Gasteiger partial charge in [-0.25, -0.2) is 0 Å². The third-order valence-electron chi connectivity index (χ3n) is 3.59. The van der Waals surface area contributed by atoms with Gasteiger partial charge in [-0.1, -0.05) is 58.0 Å². The molecular formula is C18H25NO. The van der Waals surface area contributed by atoms with Gasteiger partial charge in [0.2, 0.25) is 5.91 Å². The Balaban J connectivity index is 2.34. The van der Waals surface area contributed by atoms with Crippen molar-refractivity contribution in [1.29, 1.82) is 0 Å². The summed E-state index contributed by atoms with van der Waals surface area (Å²) in [7, 11) is 0. The fourth-order valence-electron chi connectivity index (χ4n) is 2.76. The molecule has 1 heterocycles. The van der Waals surface area contributed by atoms with Crippen molar-refractivity contribution in [2.45, 2.75) is 46.6 Å². The van der Waals surface area contributed by atoms with Gasteiger partial charge in [-0.15, -0.1) is 0 Å². The summed E-state index contributed by atoms with van der Waals surface area (Å²) in [4.78, 5) is 14.7. The molecule has 2 nitrogen and oxygen atoms in total. The lowest BCUT2D eigenvalue weighted by Crippen LogP contribution is -2.42. The van der Waals surface area contributed by atoms with Crippen LogP contribution in [0.15, 0.2) is 30.3 Å². The van der Waals surface area contributed by atoms with Crippen molar-refractivity contribution < 1.29 is 4.79 Å². The Bertz CT molecular complexity index is 502. The van der Waals surface area contributed by atoms with Crippen molar-refractivity contribution >= 4 is 17.7 Å². The predicted octanol–water partition coefficient (Wildman–Crippen LogP) is 4.51. The molecular weight excluding hydrogens is 246 g/mol. The summed E-state index contributed by atoms with van der Waals surface area (Å²) in [6.45, 7) is 8.61. The Morgan fingerprint density at radius 1 is 1.15 bits per heavy atom. The fraction of sp³-hybridized carbons (Fsp3) is 0.500. The highest BCUT2D eigenvalue weighted by molar-refractivity contribution is 5.98. The van der Waals surface area contributed by atoms with Crippen LogP contribution in [0.3, 0.4) is 0 Å². The first kappa shape index (κ1) is 14.8. The van der Waals surface area contributed by atoms with E-state index in [0.717, 1.165) is 17.7 Å². The molecule has 0 aliphatic carbocycles. The highest BCUT2D eigenvalue weighted by Gasteiger charge is 2.28. The maximum Gasteiger partial charge on any atom is 0.227 e. The first-order valence-electron chi connectivity index (χ1n) is 7.58. The summed E-state index contributed by atoms with van der Waals surface area (Å²) in [5, 5.41) is 0. The van der Waals surface area contributed by atoms with E-state index in [1.807, 2.05) is 17.0 Å². The smallest absolute Gasteiger partial charge is 0.227 e. The predicted molar refractivity (Wildman–Crippen MR) is 85.7 cm³/mol. The van der Waals surface area contributed by atoms with Gasteiger partial charge in [0, 0.05) is 6.42 Å². The highest BCUT2D eigenvalue weighted by atomic mass is 16.2. The molecule has 0 fully saturated rings. The normalized spacial score (nSPS) is 17.7. The van der Waals surface area contributed by atoms with E-state index in [-0.39, 0.29) is 11.9 Å². The monoisotopic (exact) mass is 271 g/mol. The zero-order valence-corrected chi connectivity index (χ0v) is 13.0. The highest BCUT2D eigenvalue weighted by Crippen LogP contribution is 2.32. The van der Waals surface area contributed by atoms with E-state index in [4.69, 9.17) is 0 Å². The molecule has 0 saturated carbocycles. The maximum atomic E-state index is 12.7. The molecule has 0 spiro atoms. The third kappa shape index (κ3) is 3.30. The average molecular weight is 271 g/mol. The molecule has 1 atom stereocenters. The molecule has 0 bridgehead atoms. The molecule has 0 saturated heterocycles. The van der Waals surface area contributed by atoms with Gasteiger partial charge in [-0.2, -0.15) is 0 Å². The lowest BCUT2D eigenvalue weighted by Gasteiger charge is -2.35. The Kier molecular flexibility index (Phi) is 4.64. The number of benzene rings is 1. The minimum Gasteiger partial charge on any atom is -0.305 e. The molecule has 0 N–H and O–H groups in total. The molecule has 1 amide bonds. The zero-order valence-electron chi connectivity index (χ0n) is 13.0. The Morgan fingerprint density at radius 2 is 1.85 bits per heavy atom. The number of carbonyl (C=O) groups is 1. The van der Waals surface area contributed by atoms with Crippen LogP contribution < -0.4 is 4.90 Å². The van der Waals surface area contributed by atoms with Crippen LogP contribution in [0.5, 0.6) is 0 Å². The first-order chi connectivity index (χ1) is 9.49. The van der Waals surface area contributed by atoms with Crippen LogP contribution in [0.25, 0.3) is 6.08 Å². The van der Waals surface area contributed by atoms with E-state index in [0.29, 0.717) is 18.3 Å². The van der Waals surface area contributed by atoms with Crippen LogP contribution >= 0.6 is 0 Å². The van der Waals surface area contributed by atoms with E-state index in [1.165, 1.54) is 0 Å². The number of nitrogens with zero attached hydrogens (tertiary/aromatic N) is 1. The van der Waals surface area contributed by atoms with Gasteiger partial charge in [0.05, 0.1) is 11.7 Å². The minimum atomic E-state index is 0.191. The van der Waals surface area contributed by atoms with Crippen molar-refractivity contribution in [3.05, 3.63) is 35.9 Å². The Labute approximate surface area is 122 Å². The SMILES string of the molecule is CC(C)CC(=O)N1c2ccccc2C=CC1CC(C)C. The van der Waals surface area contributed by atoms with Crippen molar-refractivity contribution in [3.8, 4) is 0 Å². The number of fused-ring (bicyclic) bond motifs is 1. The summed E-state index contributed by atoms with van der Waals surface area (Å²) in [6, 6.07) is 8.37. The van der Waals surface area contributed by atoms with Crippen LogP contribution in [-0.2, 0) is 4.79 Å². The van der Waals surface area contributed by atoms with Crippen molar-refractivity contribution in [2.75, 3.05) is 4.90 Å². The van der Waals surface area contributed by atoms with Crippen molar-refractivity contribution in [1.82, 2.24) is 0 Å². The summed E-state index contributed by atoms with van der Waals surface area (Å²) >= 11 is 0. The second-order valence-corrected chi connectivity index (χ2v) is 6.48. The topological polar surface area (TPSA) is 20.3 Å². The number of para-hydroxylation sites is 1. The second-order valence-electron chi connectivity index (χ2n) is 6.48. The van der Waals surface area contributed by atoms with E-state index < -0.39 is 0 Å². The van der Waals surface area contributed by atoms with Crippen LogP contribution in [0, 0.1) is 11.8 Å². The lowest BCUT2D eigenvalue weighted by atomic mass is 9.95. The number of amides is 1. The number of rotatable bonds is 4. The molecule has 20 heavy (non-hydrogen) atoms. The molecule has 1 aliphatic heterocycles. The number of anilines is 1. The summed E-state index contributed by atoms with van der Waals surface area (Å²) in [6.07, 6.45) is 5.95.